The summed E-state index contributed by atoms with van der Waals surface area (Å²) in [6.45, 7) is 1.02. The van der Waals surface area contributed by atoms with Gasteiger partial charge in [0.05, 0.1) is 19.8 Å². The maximum absolute atomic E-state index is 7.10. The van der Waals surface area contributed by atoms with E-state index in [0.717, 1.165) is 52.9 Å². The van der Waals surface area contributed by atoms with E-state index in [0.29, 0.717) is 16.7 Å². The van der Waals surface area contributed by atoms with E-state index in [2.05, 4.69) is 47.0 Å². The molecule has 166 valence electrons. The van der Waals surface area contributed by atoms with Crippen LogP contribution in [0.25, 0.3) is 22.0 Å². The monoisotopic (exact) mass is 460 g/mol. The molecule has 0 bridgehead atoms. The lowest BCUT2D eigenvalue weighted by molar-refractivity contribution is -0.684. The fourth-order valence-electron chi connectivity index (χ4n) is 5.05. The summed E-state index contributed by atoms with van der Waals surface area (Å²) in [5.74, 6) is 2.90. The molecule has 2 aliphatic rings. The summed E-state index contributed by atoms with van der Waals surface area (Å²) in [5, 5.41) is 2.58. The van der Waals surface area contributed by atoms with Crippen LogP contribution in [-0.2, 0) is 19.4 Å². The van der Waals surface area contributed by atoms with Crippen molar-refractivity contribution in [3.63, 3.8) is 0 Å². The highest BCUT2D eigenvalue weighted by Gasteiger charge is 2.35. The Morgan fingerprint density at radius 2 is 1.76 bits per heavy atom. The van der Waals surface area contributed by atoms with E-state index in [-0.39, 0.29) is 6.79 Å². The van der Waals surface area contributed by atoms with E-state index in [1.54, 1.807) is 14.2 Å². The van der Waals surface area contributed by atoms with E-state index in [1.807, 2.05) is 12.1 Å². The zero-order valence-electron chi connectivity index (χ0n) is 18.5. The molecule has 0 atom stereocenters. The van der Waals surface area contributed by atoms with Gasteiger partial charge < -0.3 is 18.9 Å². The summed E-state index contributed by atoms with van der Waals surface area (Å²) >= 11 is 7.10. The lowest BCUT2D eigenvalue weighted by atomic mass is 9.88. The van der Waals surface area contributed by atoms with Gasteiger partial charge in [-0.1, -0.05) is 30.3 Å². The van der Waals surface area contributed by atoms with Crippen LogP contribution in [-0.4, -0.2) is 21.0 Å². The van der Waals surface area contributed by atoms with Crippen molar-refractivity contribution in [1.82, 2.24) is 0 Å². The number of aromatic nitrogens is 1. The third kappa shape index (κ3) is 3.10. The van der Waals surface area contributed by atoms with Crippen LogP contribution in [0.4, 0.5) is 0 Å². The van der Waals surface area contributed by atoms with Crippen LogP contribution in [0.2, 0.25) is 5.15 Å². The molecule has 6 rings (SSSR count). The molecule has 0 saturated carbocycles. The number of hydrogen-bond acceptors (Lipinski definition) is 4. The van der Waals surface area contributed by atoms with Gasteiger partial charge in [-0.2, -0.15) is 4.57 Å². The number of hydrogen-bond donors (Lipinski definition) is 0. The van der Waals surface area contributed by atoms with Crippen LogP contribution >= 0.6 is 11.6 Å². The van der Waals surface area contributed by atoms with Crippen molar-refractivity contribution in [2.45, 2.75) is 19.4 Å². The van der Waals surface area contributed by atoms with Crippen molar-refractivity contribution in [3.8, 4) is 34.3 Å². The van der Waals surface area contributed by atoms with Crippen molar-refractivity contribution in [3.05, 3.63) is 76.4 Å². The number of aryl methyl sites for hydroxylation is 1. The number of halogens is 1. The van der Waals surface area contributed by atoms with Gasteiger partial charge in [-0.15, -0.1) is 0 Å². The number of ether oxygens (including phenoxy) is 4. The van der Waals surface area contributed by atoms with Gasteiger partial charge in [0.1, 0.15) is 5.39 Å². The SMILES string of the molecule is COc1ccc2c(Cc3ccccc3)c3[n+](c(Cl)c2c1OC)CCc1cc2c(cc1-3)OCO2. The minimum atomic E-state index is 0.255. The summed E-state index contributed by atoms with van der Waals surface area (Å²) in [6.07, 6.45) is 1.61. The van der Waals surface area contributed by atoms with Gasteiger partial charge in [-0.25, -0.2) is 0 Å². The minimum absolute atomic E-state index is 0.255. The molecule has 3 heterocycles. The molecule has 0 radical (unpaired) electrons. The third-order valence-electron chi connectivity index (χ3n) is 6.55. The van der Waals surface area contributed by atoms with Crippen LogP contribution in [0.3, 0.4) is 0 Å². The quantitative estimate of drug-likeness (QED) is 0.304. The predicted molar refractivity (Wildman–Crippen MR) is 127 cm³/mol. The molecule has 4 aromatic rings. The van der Waals surface area contributed by atoms with Gasteiger partial charge in [-0.3, -0.25) is 0 Å². The first-order chi connectivity index (χ1) is 16.2. The molecule has 0 spiro atoms. The summed E-state index contributed by atoms with van der Waals surface area (Å²) in [6, 6.07) is 18.7. The predicted octanol–water partition coefficient (Wildman–Crippen LogP) is 5.34. The number of benzene rings is 3. The zero-order valence-corrected chi connectivity index (χ0v) is 19.2. The topological polar surface area (TPSA) is 40.8 Å². The van der Waals surface area contributed by atoms with Crippen molar-refractivity contribution >= 4 is 22.4 Å². The van der Waals surface area contributed by atoms with Gasteiger partial charge in [-0.05, 0) is 47.0 Å². The Morgan fingerprint density at radius 1 is 0.970 bits per heavy atom. The molecule has 2 aliphatic heterocycles. The first-order valence-corrected chi connectivity index (χ1v) is 11.3. The Balaban J connectivity index is 1.71. The van der Waals surface area contributed by atoms with Gasteiger partial charge in [0.15, 0.2) is 29.5 Å². The van der Waals surface area contributed by atoms with Gasteiger partial charge in [0.2, 0.25) is 12.5 Å². The second-order valence-corrected chi connectivity index (χ2v) is 8.63. The molecule has 0 fully saturated rings. The van der Waals surface area contributed by atoms with Crippen molar-refractivity contribution in [1.29, 1.82) is 0 Å². The van der Waals surface area contributed by atoms with Crippen LogP contribution in [0.1, 0.15) is 16.7 Å². The fraction of sp³-hybridized carbons (Fsp3) is 0.222. The molecule has 1 aromatic heterocycles. The van der Waals surface area contributed by atoms with E-state index in [9.17, 15) is 0 Å². The van der Waals surface area contributed by atoms with Crippen LogP contribution in [0.15, 0.2) is 54.6 Å². The Hall–Kier alpha value is -3.44. The Bertz CT molecular complexity index is 1400. The lowest BCUT2D eigenvalue weighted by Gasteiger charge is -2.22. The van der Waals surface area contributed by atoms with E-state index >= 15 is 0 Å². The van der Waals surface area contributed by atoms with Gasteiger partial charge >= 0.3 is 0 Å². The first kappa shape index (κ1) is 20.2. The van der Waals surface area contributed by atoms with Crippen molar-refractivity contribution < 1.29 is 23.5 Å². The van der Waals surface area contributed by atoms with Crippen LogP contribution < -0.4 is 23.5 Å². The molecular weight excluding hydrogens is 438 g/mol. The van der Waals surface area contributed by atoms with Crippen molar-refractivity contribution in [2.24, 2.45) is 0 Å². The average Bonchev–Trinajstić information content (AvgIpc) is 3.31. The second-order valence-electron chi connectivity index (χ2n) is 8.27. The molecule has 0 unspecified atom stereocenters. The Morgan fingerprint density at radius 3 is 2.52 bits per heavy atom. The zero-order chi connectivity index (χ0) is 22.5. The van der Waals surface area contributed by atoms with Crippen LogP contribution in [0.5, 0.6) is 23.0 Å². The average molecular weight is 461 g/mol. The molecule has 3 aromatic carbocycles. The van der Waals surface area contributed by atoms with Gasteiger partial charge in [0, 0.05) is 23.8 Å². The molecule has 0 amide bonds. The first-order valence-electron chi connectivity index (χ1n) is 10.9. The number of nitrogens with zero attached hydrogens (tertiary/aromatic N) is 1. The number of rotatable bonds is 4. The summed E-state index contributed by atoms with van der Waals surface area (Å²) in [5.41, 5.74) is 5.91. The number of pyridine rings is 1. The van der Waals surface area contributed by atoms with Crippen molar-refractivity contribution in [2.75, 3.05) is 21.0 Å². The highest BCUT2D eigenvalue weighted by molar-refractivity contribution is 6.34. The van der Waals surface area contributed by atoms with E-state index in [1.165, 1.54) is 16.7 Å². The number of methoxy groups -OCH3 is 2. The standard InChI is InChI=1S/C27H23ClNO4/c1-30-21-9-8-18-20(12-16-6-4-3-5-7-16)25-19-14-23-22(32-15-33-23)13-17(19)10-11-29(25)27(28)24(18)26(21)31-2/h3-9,13-14H,10-12,15H2,1-2H3/q+1. The maximum atomic E-state index is 7.10. The third-order valence-corrected chi connectivity index (χ3v) is 6.94. The summed E-state index contributed by atoms with van der Waals surface area (Å²) in [7, 11) is 3.30. The van der Waals surface area contributed by atoms with Crippen LogP contribution in [0, 0.1) is 0 Å². The second kappa shape index (κ2) is 7.85. The van der Waals surface area contributed by atoms with E-state index in [4.69, 9.17) is 30.5 Å². The summed E-state index contributed by atoms with van der Waals surface area (Å²) in [4.78, 5) is 0. The molecule has 0 saturated heterocycles. The number of fused-ring (bicyclic) bond motifs is 5. The van der Waals surface area contributed by atoms with E-state index < -0.39 is 0 Å². The smallest absolute Gasteiger partial charge is 0.287 e. The lowest BCUT2D eigenvalue weighted by Crippen LogP contribution is -2.43. The molecule has 0 aliphatic carbocycles. The highest BCUT2D eigenvalue weighted by Crippen LogP contribution is 2.46. The highest BCUT2D eigenvalue weighted by atomic mass is 35.5. The largest absolute Gasteiger partial charge is 0.493 e. The Kier molecular flexibility index (Phi) is 4.80. The Labute approximate surface area is 197 Å². The van der Waals surface area contributed by atoms with Gasteiger partial charge in [0.25, 0.3) is 5.15 Å². The molecule has 5 nitrogen and oxygen atoms in total. The normalized spacial score (nSPS) is 13.5. The molecule has 0 N–H and O–H groups in total. The molecule has 33 heavy (non-hydrogen) atoms. The fourth-order valence-corrected chi connectivity index (χ4v) is 5.40. The molecular formula is C27H23ClNO4+. The summed E-state index contributed by atoms with van der Waals surface area (Å²) < 4.78 is 24.9. The maximum Gasteiger partial charge on any atom is 0.287 e. The minimum Gasteiger partial charge on any atom is -0.493 e. The molecule has 6 heteroatoms.